The highest BCUT2D eigenvalue weighted by Crippen LogP contribution is 2.32. The van der Waals surface area contributed by atoms with Gasteiger partial charge in [0.15, 0.2) is 0 Å². The fourth-order valence-electron chi connectivity index (χ4n) is 4.49. The Balaban J connectivity index is 1.58. The lowest BCUT2D eigenvalue weighted by atomic mass is 9.88. The van der Waals surface area contributed by atoms with Crippen molar-refractivity contribution in [3.8, 4) is 5.69 Å². The summed E-state index contributed by atoms with van der Waals surface area (Å²) in [5.41, 5.74) is 2.01. The van der Waals surface area contributed by atoms with E-state index in [9.17, 15) is 14.9 Å². The lowest BCUT2D eigenvalue weighted by Gasteiger charge is -2.22. The van der Waals surface area contributed by atoms with Gasteiger partial charge in [-0.25, -0.2) is 4.98 Å². The minimum atomic E-state index is -0.425. The summed E-state index contributed by atoms with van der Waals surface area (Å²) in [6.07, 6.45) is 8.90. The number of aromatic nitrogens is 3. The molecule has 1 aliphatic rings. The van der Waals surface area contributed by atoms with E-state index < -0.39 is 4.92 Å². The summed E-state index contributed by atoms with van der Waals surface area (Å²) in [6, 6.07) is 15.6. The first kappa shape index (κ1) is 22.2. The van der Waals surface area contributed by atoms with Crippen LogP contribution in [0.1, 0.15) is 49.5 Å². The van der Waals surface area contributed by atoms with E-state index in [1.807, 2.05) is 35.0 Å². The second-order valence-electron chi connectivity index (χ2n) is 8.40. The second kappa shape index (κ2) is 9.34. The predicted octanol–water partition coefficient (Wildman–Crippen LogP) is 5.79. The second-order valence-corrected chi connectivity index (χ2v) is 9.32. The Bertz CT molecular complexity index is 1450. The van der Waals surface area contributed by atoms with Crippen LogP contribution < -0.4 is 5.56 Å². The largest absolute Gasteiger partial charge is 0.316 e. The Labute approximate surface area is 203 Å². The number of nitrogens with zero attached hydrogens (tertiary/aromatic N) is 5. The number of rotatable bonds is 5. The summed E-state index contributed by atoms with van der Waals surface area (Å²) in [6.45, 7) is 0. The maximum atomic E-state index is 13.5. The Morgan fingerprint density at radius 2 is 1.85 bits per heavy atom. The third-order valence-electron chi connectivity index (χ3n) is 6.23. The van der Waals surface area contributed by atoms with Crippen LogP contribution in [-0.4, -0.2) is 25.4 Å². The number of benzene rings is 2. The average molecular weight is 520 g/mol. The SMILES string of the molecule is O=c1c2cc(Br)ccc2nc(C2CCCCC2)n1N=Cc1cccn1-c1ccc([N+](=O)[O-])cc1. The van der Waals surface area contributed by atoms with Crippen molar-refractivity contribution in [1.82, 2.24) is 14.2 Å². The molecule has 8 nitrogen and oxygen atoms in total. The van der Waals surface area contributed by atoms with Crippen LogP contribution in [-0.2, 0) is 0 Å². The number of non-ortho nitro benzene ring substituents is 1. The van der Waals surface area contributed by atoms with Crippen molar-refractivity contribution in [3.63, 3.8) is 0 Å². The lowest BCUT2D eigenvalue weighted by Crippen LogP contribution is -2.25. The van der Waals surface area contributed by atoms with Crippen LogP contribution in [0.4, 0.5) is 5.69 Å². The molecule has 9 heteroatoms. The van der Waals surface area contributed by atoms with E-state index in [-0.39, 0.29) is 17.2 Å². The summed E-state index contributed by atoms with van der Waals surface area (Å²) < 4.78 is 4.12. The highest BCUT2D eigenvalue weighted by Gasteiger charge is 2.22. The molecule has 0 saturated heterocycles. The van der Waals surface area contributed by atoms with Gasteiger partial charge in [0.05, 0.1) is 27.7 Å². The van der Waals surface area contributed by atoms with Crippen LogP contribution >= 0.6 is 15.9 Å². The number of nitro benzene ring substituents is 1. The van der Waals surface area contributed by atoms with Gasteiger partial charge in [0.25, 0.3) is 11.2 Å². The molecule has 1 fully saturated rings. The van der Waals surface area contributed by atoms with Gasteiger partial charge >= 0.3 is 0 Å². The van der Waals surface area contributed by atoms with E-state index >= 15 is 0 Å². The van der Waals surface area contributed by atoms with Crippen LogP contribution in [0.3, 0.4) is 0 Å². The van der Waals surface area contributed by atoms with Crippen LogP contribution in [0.25, 0.3) is 16.6 Å². The maximum Gasteiger partial charge on any atom is 0.282 e. The number of hydrogen-bond donors (Lipinski definition) is 0. The molecule has 2 heterocycles. The molecule has 1 aliphatic carbocycles. The van der Waals surface area contributed by atoms with Crippen molar-refractivity contribution in [1.29, 1.82) is 0 Å². The first-order chi connectivity index (χ1) is 16.5. The predicted molar refractivity (Wildman–Crippen MR) is 135 cm³/mol. The zero-order valence-corrected chi connectivity index (χ0v) is 19.9. The molecule has 0 N–H and O–H groups in total. The smallest absolute Gasteiger partial charge is 0.282 e. The third-order valence-corrected chi connectivity index (χ3v) is 6.72. The van der Waals surface area contributed by atoms with Gasteiger partial charge in [-0.1, -0.05) is 35.2 Å². The summed E-state index contributed by atoms with van der Waals surface area (Å²) in [4.78, 5) is 28.9. The number of nitro groups is 1. The van der Waals surface area contributed by atoms with Gasteiger partial charge in [0, 0.05) is 34.4 Å². The lowest BCUT2D eigenvalue weighted by molar-refractivity contribution is -0.384. The van der Waals surface area contributed by atoms with Gasteiger partial charge in [0.2, 0.25) is 0 Å². The first-order valence-electron chi connectivity index (χ1n) is 11.2. The van der Waals surface area contributed by atoms with Gasteiger partial charge in [0.1, 0.15) is 5.82 Å². The van der Waals surface area contributed by atoms with Gasteiger partial charge in [-0.05, 0) is 55.3 Å². The Morgan fingerprint density at radius 1 is 1.09 bits per heavy atom. The molecule has 34 heavy (non-hydrogen) atoms. The average Bonchev–Trinajstić information content (AvgIpc) is 3.33. The zero-order chi connectivity index (χ0) is 23.7. The zero-order valence-electron chi connectivity index (χ0n) is 18.3. The minimum Gasteiger partial charge on any atom is -0.316 e. The molecule has 2 aromatic heterocycles. The Kier molecular flexibility index (Phi) is 6.10. The molecule has 0 radical (unpaired) electrons. The monoisotopic (exact) mass is 519 g/mol. The molecule has 0 aliphatic heterocycles. The number of halogens is 1. The molecule has 1 saturated carbocycles. The van der Waals surface area contributed by atoms with Gasteiger partial charge in [-0.3, -0.25) is 14.9 Å². The minimum absolute atomic E-state index is 0.0307. The van der Waals surface area contributed by atoms with Gasteiger partial charge < -0.3 is 4.57 Å². The maximum absolute atomic E-state index is 13.5. The highest BCUT2D eigenvalue weighted by molar-refractivity contribution is 9.10. The van der Waals surface area contributed by atoms with E-state index in [2.05, 4.69) is 21.0 Å². The summed E-state index contributed by atoms with van der Waals surface area (Å²) in [7, 11) is 0. The van der Waals surface area contributed by atoms with E-state index in [1.54, 1.807) is 24.4 Å². The fraction of sp³-hybridized carbons (Fsp3) is 0.240. The van der Waals surface area contributed by atoms with Crippen LogP contribution in [0, 0.1) is 10.1 Å². The Morgan fingerprint density at radius 3 is 2.59 bits per heavy atom. The number of fused-ring (bicyclic) bond motifs is 1. The van der Waals surface area contributed by atoms with Crippen molar-refractivity contribution < 1.29 is 4.92 Å². The molecule has 5 rings (SSSR count). The van der Waals surface area contributed by atoms with Crippen molar-refractivity contribution in [3.05, 3.63) is 97.3 Å². The van der Waals surface area contributed by atoms with E-state index in [1.165, 1.54) is 23.2 Å². The molecule has 0 spiro atoms. The molecular weight excluding hydrogens is 498 g/mol. The van der Waals surface area contributed by atoms with Gasteiger partial charge in [-0.15, -0.1) is 0 Å². The van der Waals surface area contributed by atoms with Crippen LogP contribution in [0.5, 0.6) is 0 Å². The summed E-state index contributed by atoms with van der Waals surface area (Å²) in [5.74, 6) is 0.886. The van der Waals surface area contributed by atoms with E-state index in [0.29, 0.717) is 16.7 Å². The molecular formula is C25H22BrN5O3. The van der Waals surface area contributed by atoms with Crippen molar-refractivity contribution >= 4 is 38.7 Å². The Hall–Kier alpha value is -3.59. The molecule has 172 valence electrons. The highest BCUT2D eigenvalue weighted by atomic mass is 79.9. The summed E-state index contributed by atoms with van der Waals surface area (Å²) in [5, 5.41) is 16.1. The molecule has 0 atom stereocenters. The quantitative estimate of drug-likeness (QED) is 0.189. The fourth-order valence-corrected chi connectivity index (χ4v) is 4.85. The topological polar surface area (TPSA) is 95.3 Å². The molecule has 0 unspecified atom stereocenters. The molecule has 2 aromatic carbocycles. The normalized spacial score (nSPS) is 14.7. The van der Waals surface area contributed by atoms with E-state index in [4.69, 9.17) is 4.98 Å². The third kappa shape index (κ3) is 4.31. The van der Waals surface area contributed by atoms with Gasteiger partial charge in [-0.2, -0.15) is 9.78 Å². The first-order valence-corrected chi connectivity index (χ1v) is 12.0. The molecule has 0 bridgehead atoms. The standard InChI is InChI=1S/C25H22BrN5O3/c26-18-8-13-23-22(15-18)25(32)30(24(28-23)17-5-2-1-3-6-17)27-16-21-7-4-14-29(21)19-9-11-20(12-10-19)31(33)34/h4,7-17H,1-3,5-6H2. The van der Waals surface area contributed by atoms with Crippen molar-refractivity contribution in [2.45, 2.75) is 38.0 Å². The van der Waals surface area contributed by atoms with Crippen molar-refractivity contribution in [2.75, 3.05) is 0 Å². The van der Waals surface area contributed by atoms with Crippen LogP contribution in [0.15, 0.2) is 75.2 Å². The number of hydrogen-bond acceptors (Lipinski definition) is 5. The van der Waals surface area contributed by atoms with E-state index in [0.717, 1.165) is 41.5 Å². The van der Waals surface area contributed by atoms with Crippen molar-refractivity contribution in [2.24, 2.45) is 5.10 Å². The molecule has 0 amide bonds. The van der Waals surface area contributed by atoms with Crippen LogP contribution in [0.2, 0.25) is 0 Å². The summed E-state index contributed by atoms with van der Waals surface area (Å²) >= 11 is 3.45. The molecule has 4 aromatic rings.